The predicted molar refractivity (Wildman–Crippen MR) is 92.1 cm³/mol. The number of nitrogens with two attached hydrogens (primary N) is 1. The molecular weight excluding hydrogens is 340 g/mol. The van der Waals surface area contributed by atoms with Crippen molar-refractivity contribution in [2.75, 3.05) is 11.1 Å². The highest BCUT2D eigenvalue weighted by molar-refractivity contribution is 5.84. The van der Waals surface area contributed by atoms with Gasteiger partial charge in [0.25, 0.3) is 0 Å². The molecule has 0 unspecified atom stereocenters. The van der Waals surface area contributed by atoms with E-state index in [1.54, 1.807) is 29.0 Å². The molecule has 3 N–H and O–H groups in total. The summed E-state index contributed by atoms with van der Waals surface area (Å²) in [5.74, 6) is -0.963. The standard InChI is InChI=1S/C17H13F2N7/c18-11-3-2-10(6-12(11)19)8-22-14-7-13(23-9-24-14)15-16(20)25-26-5-1-4-21-17(15)26/h1-7,9H,8H2,(H2,20,25)(H,22,23,24). The van der Waals surface area contributed by atoms with Crippen LogP contribution in [0.2, 0.25) is 0 Å². The van der Waals surface area contributed by atoms with Gasteiger partial charge in [0.15, 0.2) is 23.1 Å². The molecule has 0 saturated heterocycles. The summed E-state index contributed by atoms with van der Waals surface area (Å²) in [6, 6.07) is 7.17. The second kappa shape index (κ2) is 6.36. The molecule has 0 bridgehead atoms. The second-order valence-corrected chi connectivity index (χ2v) is 5.54. The van der Waals surface area contributed by atoms with Crippen LogP contribution in [0.4, 0.5) is 20.4 Å². The van der Waals surface area contributed by atoms with E-state index in [-0.39, 0.29) is 6.54 Å². The van der Waals surface area contributed by atoms with E-state index in [2.05, 4.69) is 25.4 Å². The fourth-order valence-corrected chi connectivity index (χ4v) is 2.58. The van der Waals surface area contributed by atoms with Crippen molar-refractivity contribution in [1.82, 2.24) is 24.6 Å². The zero-order valence-corrected chi connectivity index (χ0v) is 13.4. The molecule has 26 heavy (non-hydrogen) atoms. The summed E-state index contributed by atoms with van der Waals surface area (Å²) in [7, 11) is 0. The van der Waals surface area contributed by atoms with Crippen molar-refractivity contribution in [3.8, 4) is 11.3 Å². The Morgan fingerprint density at radius 3 is 2.81 bits per heavy atom. The number of anilines is 2. The molecule has 0 aliphatic rings. The third-order valence-corrected chi connectivity index (χ3v) is 3.80. The van der Waals surface area contributed by atoms with Gasteiger partial charge in [-0.3, -0.25) is 0 Å². The molecule has 130 valence electrons. The molecule has 0 amide bonds. The maximum atomic E-state index is 13.3. The Balaban J connectivity index is 1.62. The van der Waals surface area contributed by atoms with Crippen LogP contribution in [0.15, 0.2) is 49.1 Å². The number of aromatic nitrogens is 5. The van der Waals surface area contributed by atoms with Gasteiger partial charge in [0, 0.05) is 25.0 Å². The highest BCUT2D eigenvalue weighted by Gasteiger charge is 2.15. The molecule has 0 saturated carbocycles. The smallest absolute Gasteiger partial charge is 0.166 e. The van der Waals surface area contributed by atoms with Crippen LogP contribution in [0.1, 0.15) is 5.56 Å². The summed E-state index contributed by atoms with van der Waals surface area (Å²) in [6.45, 7) is 0.274. The summed E-state index contributed by atoms with van der Waals surface area (Å²) in [5, 5.41) is 7.25. The lowest BCUT2D eigenvalue weighted by atomic mass is 10.2. The van der Waals surface area contributed by atoms with Crippen LogP contribution in [0, 0.1) is 11.6 Å². The Bertz CT molecular complexity index is 1090. The van der Waals surface area contributed by atoms with Crippen LogP contribution in [-0.4, -0.2) is 24.6 Å². The number of nitrogens with one attached hydrogen (secondary N) is 1. The summed E-state index contributed by atoms with van der Waals surface area (Å²) in [6.07, 6.45) is 4.77. The van der Waals surface area contributed by atoms with Crippen molar-refractivity contribution in [1.29, 1.82) is 0 Å². The van der Waals surface area contributed by atoms with Crippen molar-refractivity contribution in [2.24, 2.45) is 0 Å². The largest absolute Gasteiger partial charge is 0.382 e. The molecule has 0 spiro atoms. The summed E-state index contributed by atoms with van der Waals surface area (Å²) < 4.78 is 27.9. The number of nitrogen functional groups attached to an aromatic ring is 1. The van der Waals surface area contributed by atoms with E-state index in [0.29, 0.717) is 34.1 Å². The lowest BCUT2D eigenvalue weighted by Gasteiger charge is -2.07. The van der Waals surface area contributed by atoms with Crippen molar-refractivity contribution in [2.45, 2.75) is 6.54 Å². The summed E-state index contributed by atoms with van der Waals surface area (Å²) >= 11 is 0. The van der Waals surface area contributed by atoms with Crippen LogP contribution >= 0.6 is 0 Å². The van der Waals surface area contributed by atoms with Crippen LogP contribution in [-0.2, 0) is 6.54 Å². The number of halogens is 2. The third kappa shape index (κ3) is 2.90. The quantitative estimate of drug-likeness (QED) is 0.586. The average molecular weight is 353 g/mol. The third-order valence-electron chi connectivity index (χ3n) is 3.80. The molecular formula is C17H13F2N7. The topological polar surface area (TPSA) is 94.0 Å². The molecule has 1 aromatic carbocycles. The summed E-state index contributed by atoms with van der Waals surface area (Å²) in [5.41, 5.74) is 8.32. The zero-order valence-electron chi connectivity index (χ0n) is 13.4. The first-order valence-corrected chi connectivity index (χ1v) is 7.71. The molecule has 0 aliphatic heterocycles. The predicted octanol–water partition coefficient (Wildman–Crippen LogP) is 2.66. The van der Waals surface area contributed by atoms with Crippen molar-refractivity contribution < 1.29 is 8.78 Å². The van der Waals surface area contributed by atoms with Crippen LogP contribution in [0.5, 0.6) is 0 Å². The van der Waals surface area contributed by atoms with Crippen molar-refractivity contribution in [3.05, 3.63) is 66.3 Å². The van der Waals surface area contributed by atoms with E-state index in [0.717, 1.165) is 12.1 Å². The number of nitrogens with zero attached hydrogens (tertiary/aromatic N) is 5. The minimum Gasteiger partial charge on any atom is -0.382 e. The molecule has 4 rings (SSSR count). The molecule has 7 nitrogen and oxygen atoms in total. The number of hydrogen-bond donors (Lipinski definition) is 2. The Kier molecular flexibility index (Phi) is 3.88. The highest BCUT2D eigenvalue weighted by atomic mass is 19.2. The van der Waals surface area contributed by atoms with Gasteiger partial charge in [-0.05, 0) is 23.8 Å². The van der Waals surface area contributed by atoms with E-state index >= 15 is 0 Å². The second-order valence-electron chi connectivity index (χ2n) is 5.54. The maximum Gasteiger partial charge on any atom is 0.166 e. The first kappa shape index (κ1) is 15.9. The van der Waals surface area contributed by atoms with Gasteiger partial charge in [-0.25, -0.2) is 28.2 Å². The maximum absolute atomic E-state index is 13.3. The molecule has 4 aromatic rings. The molecule has 0 radical (unpaired) electrons. The van der Waals surface area contributed by atoms with E-state index in [9.17, 15) is 8.78 Å². The Morgan fingerprint density at radius 2 is 1.96 bits per heavy atom. The van der Waals surface area contributed by atoms with Gasteiger partial charge < -0.3 is 11.1 Å². The first-order valence-electron chi connectivity index (χ1n) is 7.71. The fraction of sp³-hybridized carbons (Fsp3) is 0.0588. The number of rotatable bonds is 4. The molecule has 3 heterocycles. The minimum atomic E-state index is -0.891. The number of hydrogen-bond acceptors (Lipinski definition) is 6. The Hall–Kier alpha value is -3.62. The van der Waals surface area contributed by atoms with Crippen LogP contribution in [0.25, 0.3) is 16.9 Å². The Morgan fingerprint density at radius 1 is 1.08 bits per heavy atom. The van der Waals surface area contributed by atoms with Gasteiger partial charge >= 0.3 is 0 Å². The van der Waals surface area contributed by atoms with Crippen LogP contribution < -0.4 is 11.1 Å². The minimum absolute atomic E-state index is 0.274. The number of fused-ring (bicyclic) bond motifs is 1. The van der Waals surface area contributed by atoms with Gasteiger partial charge in [-0.15, -0.1) is 5.10 Å². The van der Waals surface area contributed by atoms with Gasteiger partial charge in [-0.2, -0.15) is 0 Å². The SMILES string of the molecule is Nc1nn2cccnc2c1-c1cc(NCc2ccc(F)c(F)c2)ncn1. The van der Waals surface area contributed by atoms with Gasteiger partial charge in [-0.1, -0.05) is 6.07 Å². The normalized spacial score (nSPS) is 11.0. The van der Waals surface area contributed by atoms with Gasteiger partial charge in [0.1, 0.15) is 12.1 Å². The lowest BCUT2D eigenvalue weighted by molar-refractivity contribution is 0.507. The lowest BCUT2D eigenvalue weighted by Crippen LogP contribution is -2.03. The molecule has 3 aromatic heterocycles. The van der Waals surface area contributed by atoms with E-state index in [4.69, 9.17) is 5.73 Å². The van der Waals surface area contributed by atoms with Gasteiger partial charge in [0.05, 0.1) is 11.3 Å². The van der Waals surface area contributed by atoms with Crippen molar-refractivity contribution in [3.63, 3.8) is 0 Å². The van der Waals surface area contributed by atoms with E-state index in [1.165, 1.54) is 12.4 Å². The summed E-state index contributed by atoms with van der Waals surface area (Å²) in [4.78, 5) is 12.7. The van der Waals surface area contributed by atoms with Gasteiger partial charge in [0.2, 0.25) is 0 Å². The average Bonchev–Trinajstić information content (AvgIpc) is 2.98. The van der Waals surface area contributed by atoms with E-state index < -0.39 is 11.6 Å². The molecule has 0 atom stereocenters. The zero-order chi connectivity index (χ0) is 18.1. The fourth-order valence-electron chi connectivity index (χ4n) is 2.58. The molecule has 9 heteroatoms. The first-order chi connectivity index (χ1) is 12.6. The number of benzene rings is 1. The highest BCUT2D eigenvalue weighted by Crippen LogP contribution is 2.28. The van der Waals surface area contributed by atoms with E-state index in [1.807, 2.05) is 0 Å². The Labute approximate surface area is 146 Å². The monoisotopic (exact) mass is 353 g/mol. The molecule has 0 fully saturated rings. The van der Waals surface area contributed by atoms with Crippen LogP contribution in [0.3, 0.4) is 0 Å². The van der Waals surface area contributed by atoms with Crippen molar-refractivity contribution >= 4 is 17.3 Å². The molecule has 0 aliphatic carbocycles.